The molecule has 1 atom stereocenters. The van der Waals surface area contributed by atoms with Gasteiger partial charge in [0.1, 0.15) is 0 Å². The summed E-state index contributed by atoms with van der Waals surface area (Å²) in [7, 11) is 0. The molecule has 0 aliphatic rings. The zero-order valence-electron chi connectivity index (χ0n) is 6.57. The van der Waals surface area contributed by atoms with Crippen molar-refractivity contribution < 1.29 is 8.76 Å². The van der Waals surface area contributed by atoms with Crippen molar-refractivity contribution in [3.63, 3.8) is 0 Å². The second kappa shape index (κ2) is 5.58. The van der Waals surface area contributed by atoms with Gasteiger partial charge in [-0.25, -0.2) is 4.21 Å². The van der Waals surface area contributed by atoms with Crippen molar-refractivity contribution in [1.82, 2.24) is 0 Å². The molecule has 1 rings (SSSR count). The Morgan fingerprint density at radius 1 is 1.36 bits per heavy atom. The Morgan fingerprint density at radius 3 is 2.27 bits per heavy atom. The fraction of sp³-hybridized carbons (Fsp3) is 0.143. The van der Waals surface area contributed by atoms with E-state index in [9.17, 15) is 4.21 Å². The third kappa shape index (κ3) is 3.46. The van der Waals surface area contributed by atoms with Gasteiger partial charge < -0.3 is 4.55 Å². The molecule has 4 heteroatoms. The average Bonchev–Trinajstić information content (AvgIpc) is 1.88. The summed E-state index contributed by atoms with van der Waals surface area (Å²) in [5.74, 6) is 0. The molecular formula is C7H8KO2S. The van der Waals surface area contributed by atoms with Crippen molar-refractivity contribution >= 4 is 62.5 Å². The smallest absolute Gasteiger partial charge is 0.186 e. The molecule has 0 amide bonds. The first kappa shape index (κ1) is 12.0. The van der Waals surface area contributed by atoms with Gasteiger partial charge in [-0.1, -0.05) is 18.2 Å². The molecule has 0 aromatic heterocycles. The maximum absolute atomic E-state index is 10.5. The van der Waals surface area contributed by atoms with Crippen LogP contribution < -0.4 is 0 Å². The Bertz CT molecular complexity index is 262. The fourth-order valence-electron chi connectivity index (χ4n) is 0.752. The SMILES string of the molecule is Cc1ccccc1S(=O)O.[K]. The van der Waals surface area contributed by atoms with Crippen LogP contribution in [0.1, 0.15) is 5.56 Å². The fourth-order valence-corrected chi connectivity index (χ4v) is 1.29. The molecule has 0 heterocycles. The first-order valence-electron chi connectivity index (χ1n) is 2.88. The van der Waals surface area contributed by atoms with E-state index in [0.717, 1.165) is 5.56 Å². The van der Waals surface area contributed by atoms with E-state index in [-0.39, 0.29) is 51.4 Å². The molecule has 0 aliphatic heterocycles. The molecule has 1 N–H and O–H groups in total. The average molecular weight is 195 g/mol. The van der Waals surface area contributed by atoms with Gasteiger partial charge in [-0.05, 0) is 18.6 Å². The van der Waals surface area contributed by atoms with Crippen molar-refractivity contribution in [2.75, 3.05) is 0 Å². The molecule has 11 heavy (non-hydrogen) atoms. The molecule has 1 aromatic rings. The van der Waals surface area contributed by atoms with E-state index in [0.29, 0.717) is 4.90 Å². The van der Waals surface area contributed by atoms with Crippen LogP contribution in [0, 0.1) is 6.92 Å². The normalized spacial score (nSPS) is 11.8. The van der Waals surface area contributed by atoms with Gasteiger partial charge in [0, 0.05) is 51.4 Å². The first-order chi connectivity index (χ1) is 4.72. The molecule has 1 unspecified atom stereocenters. The van der Waals surface area contributed by atoms with Gasteiger partial charge in [0.15, 0.2) is 11.1 Å². The largest absolute Gasteiger partial charge is 0.302 e. The van der Waals surface area contributed by atoms with Crippen LogP contribution in [0.15, 0.2) is 29.2 Å². The molecule has 0 saturated heterocycles. The van der Waals surface area contributed by atoms with Crippen LogP contribution in [0.3, 0.4) is 0 Å². The minimum absolute atomic E-state index is 0. The van der Waals surface area contributed by atoms with Crippen molar-refractivity contribution in [3.05, 3.63) is 29.8 Å². The third-order valence-corrected chi connectivity index (χ3v) is 2.12. The third-order valence-electron chi connectivity index (χ3n) is 1.28. The van der Waals surface area contributed by atoms with E-state index in [4.69, 9.17) is 4.55 Å². The summed E-state index contributed by atoms with van der Waals surface area (Å²) in [6, 6.07) is 7.04. The van der Waals surface area contributed by atoms with E-state index >= 15 is 0 Å². The molecule has 0 fully saturated rings. The van der Waals surface area contributed by atoms with Gasteiger partial charge in [-0.2, -0.15) is 0 Å². The van der Waals surface area contributed by atoms with Crippen LogP contribution in [0.25, 0.3) is 0 Å². The summed E-state index contributed by atoms with van der Waals surface area (Å²) in [4.78, 5) is 0.488. The van der Waals surface area contributed by atoms with Crippen LogP contribution in [-0.2, 0) is 11.1 Å². The number of aryl methyl sites for hydroxylation is 1. The van der Waals surface area contributed by atoms with Crippen LogP contribution in [-0.4, -0.2) is 60.1 Å². The van der Waals surface area contributed by atoms with E-state index in [1.54, 1.807) is 12.1 Å². The van der Waals surface area contributed by atoms with Crippen LogP contribution in [0.4, 0.5) is 0 Å². The van der Waals surface area contributed by atoms with Gasteiger partial charge in [0.2, 0.25) is 0 Å². The molecule has 1 aromatic carbocycles. The zero-order chi connectivity index (χ0) is 7.56. The summed E-state index contributed by atoms with van der Waals surface area (Å²) in [6.07, 6.45) is 0. The molecule has 0 saturated carbocycles. The summed E-state index contributed by atoms with van der Waals surface area (Å²) in [5.41, 5.74) is 0.850. The molecule has 2 nitrogen and oxygen atoms in total. The monoisotopic (exact) mass is 195 g/mol. The predicted octanol–water partition coefficient (Wildman–Crippen LogP) is 1.19. The predicted molar refractivity (Wildman–Crippen MR) is 46.0 cm³/mol. The van der Waals surface area contributed by atoms with Crippen molar-refractivity contribution in [2.45, 2.75) is 11.8 Å². The Hall–Kier alpha value is 0.966. The van der Waals surface area contributed by atoms with Crippen molar-refractivity contribution in [1.29, 1.82) is 0 Å². The Morgan fingerprint density at radius 2 is 1.91 bits per heavy atom. The van der Waals surface area contributed by atoms with Gasteiger partial charge in [0.25, 0.3) is 0 Å². The number of rotatable bonds is 1. The van der Waals surface area contributed by atoms with E-state index in [1.165, 1.54) is 0 Å². The second-order valence-corrected chi connectivity index (χ2v) is 2.95. The molecular weight excluding hydrogens is 187 g/mol. The van der Waals surface area contributed by atoms with Crippen LogP contribution >= 0.6 is 0 Å². The Kier molecular flexibility index (Phi) is 6.07. The minimum Gasteiger partial charge on any atom is -0.302 e. The van der Waals surface area contributed by atoms with Gasteiger partial charge in [0.05, 0.1) is 4.90 Å². The topological polar surface area (TPSA) is 37.3 Å². The van der Waals surface area contributed by atoms with E-state index in [2.05, 4.69) is 0 Å². The van der Waals surface area contributed by atoms with Gasteiger partial charge in [-0.15, -0.1) is 0 Å². The molecule has 0 spiro atoms. The summed E-state index contributed by atoms with van der Waals surface area (Å²) >= 11 is -1.84. The maximum Gasteiger partial charge on any atom is 0.186 e. The molecule has 0 aliphatic carbocycles. The van der Waals surface area contributed by atoms with Crippen molar-refractivity contribution in [3.8, 4) is 0 Å². The molecule has 0 bridgehead atoms. The first-order valence-corrected chi connectivity index (χ1v) is 3.99. The van der Waals surface area contributed by atoms with Gasteiger partial charge >= 0.3 is 0 Å². The quantitative estimate of drug-likeness (QED) is 0.540. The number of hydrogen-bond donors (Lipinski definition) is 1. The van der Waals surface area contributed by atoms with E-state index < -0.39 is 11.1 Å². The van der Waals surface area contributed by atoms with Crippen LogP contribution in [0.5, 0.6) is 0 Å². The Balaban J connectivity index is 0.000001000. The number of benzene rings is 1. The number of hydrogen-bond acceptors (Lipinski definition) is 1. The maximum atomic E-state index is 10.5. The summed E-state index contributed by atoms with van der Waals surface area (Å²) < 4.78 is 19.2. The summed E-state index contributed by atoms with van der Waals surface area (Å²) in [6.45, 7) is 1.81. The van der Waals surface area contributed by atoms with Crippen molar-refractivity contribution in [2.24, 2.45) is 0 Å². The zero-order valence-corrected chi connectivity index (χ0v) is 10.5. The minimum atomic E-state index is -1.84. The standard InChI is InChI=1S/C7H8O2S.K/c1-6-4-2-3-5-7(6)10(8)9;/h2-5H,1H3,(H,8,9);. The van der Waals surface area contributed by atoms with Crippen LogP contribution in [0.2, 0.25) is 0 Å². The van der Waals surface area contributed by atoms with E-state index in [1.807, 2.05) is 19.1 Å². The molecule has 1 radical (unpaired) electrons. The second-order valence-electron chi connectivity index (χ2n) is 2.01. The summed E-state index contributed by atoms with van der Waals surface area (Å²) in [5, 5.41) is 0. The van der Waals surface area contributed by atoms with Gasteiger partial charge in [-0.3, -0.25) is 0 Å². The Labute approximate surface area is 111 Å². The molecule has 55 valence electrons.